The summed E-state index contributed by atoms with van der Waals surface area (Å²) >= 11 is 0. The summed E-state index contributed by atoms with van der Waals surface area (Å²) in [5, 5.41) is 16.6. The summed E-state index contributed by atoms with van der Waals surface area (Å²) in [6.45, 7) is 7.77. The highest BCUT2D eigenvalue weighted by atomic mass is 16.5. The van der Waals surface area contributed by atoms with Crippen LogP contribution in [-0.4, -0.2) is 28.7 Å². The molecule has 318 valence electrons. The fraction of sp³-hybridized carbons (Fsp3) is 0.0167. The highest BCUT2D eigenvalue weighted by molar-refractivity contribution is 6.13. The van der Waals surface area contributed by atoms with Gasteiger partial charge in [-0.05, 0) is 102 Å². The van der Waals surface area contributed by atoms with Crippen LogP contribution in [0.1, 0.15) is 27.8 Å². The Hall–Kier alpha value is -9.83. The molecule has 7 aromatic carbocycles. The smallest absolute Gasteiger partial charge is 0.188 e. The maximum Gasteiger partial charge on any atom is 0.188 e. The number of para-hydroxylation sites is 3. The van der Waals surface area contributed by atoms with Gasteiger partial charge >= 0.3 is 0 Å². The van der Waals surface area contributed by atoms with Crippen molar-refractivity contribution in [1.82, 2.24) is 28.7 Å². The van der Waals surface area contributed by atoms with Crippen molar-refractivity contribution in [1.29, 1.82) is 5.26 Å². The Bertz CT molecular complexity index is 4470. The number of benzene rings is 7. The number of aromatic nitrogens is 6. The molecule has 0 N–H and O–H groups in total. The standard InChI is InChI=1S/C60H32N8O/c1-62-36-17-22-53-44(28-36)41-10-3-6-14-51(41)68(53)39-30-49-59(65-33-39)58-48(12-8-25-64-58)60(49)46-11-4-7-15-56(46)69-57-31-38(18-20-47(57)60)66-52-21-16-35(32-61)27-43(52)45-29-37(19-23-54(45)66)67-50-13-5-2-9-40(50)42-24-26-63-34-55(42)67/h2-31,33-34H. The summed E-state index contributed by atoms with van der Waals surface area (Å²) in [4.78, 5) is 18.6. The number of rotatable bonds is 3. The minimum Gasteiger partial charge on any atom is -0.457 e. The van der Waals surface area contributed by atoms with Gasteiger partial charge in [-0.1, -0.05) is 72.8 Å². The third-order valence-corrected chi connectivity index (χ3v) is 14.5. The molecule has 0 saturated heterocycles. The minimum absolute atomic E-state index is 0.592. The number of nitrogens with zero attached hydrogens (tertiary/aromatic N) is 8. The zero-order valence-electron chi connectivity index (χ0n) is 36.5. The van der Waals surface area contributed by atoms with Crippen LogP contribution in [0.2, 0.25) is 0 Å². The highest BCUT2D eigenvalue weighted by Gasteiger charge is 2.52. The topological polar surface area (TPSA) is 90.8 Å². The van der Waals surface area contributed by atoms with Crippen LogP contribution in [0.4, 0.5) is 5.69 Å². The molecule has 69 heavy (non-hydrogen) atoms. The molecule has 9 nitrogen and oxygen atoms in total. The van der Waals surface area contributed by atoms with Gasteiger partial charge in [0.1, 0.15) is 11.5 Å². The van der Waals surface area contributed by atoms with Crippen molar-refractivity contribution in [2.45, 2.75) is 5.41 Å². The van der Waals surface area contributed by atoms with E-state index in [1.54, 1.807) is 0 Å². The number of pyridine rings is 3. The van der Waals surface area contributed by atoms with Gasteiger partial charge in [-0.25, -0.2) is 4.85 Å². The Morgan fingerprint density at radius 1 is 0.464 bits per heavy atom. The molecular weight excluding hydrogens is 849 g/mol. The Morgan fingerprint density at radius 2 is 1.09 bits per heavy atom. The SMILES string of the molecule is [C-]#[N+]c1ccc2c(c1)c1ccccc1n2-c1cnc2c(c1)C1(c3ccccc3Oc3cc(-n4c5ccc(C#N)cc5c5cc(-n6c7ccccc7c7ccncc76)ccc54)ccc31)c1cccnc1-2. The largest absolute Gasteiger partial charge is 0.457 e. The van der Waals surface area contributed by atoms with Crippen molar-refractivity contribution >= 4 is 71.1 Å². The van der Waals surface area contributed by atoms with Gasteiger partial charge in [0.15, 0.2) is 5.69 Å². The van der Waals surface area contributed by atoms with E-state index < -0.39 is 5.41 Å². The second-order valence-corrected chi connectivity index (χ2v) is 17.8. The van der Waals surface area contributed by atoms with Crippen molar-refractivity contribution in [3.05, 3.63) is 234 Å². The van der Waals surface area contributed by atoms with Crippen LogP contribution in [0.25, 0.3) is 98.7 Å². The van der Waals surface area contributed by atoms with E-state index in [4.69, 9.17) is 21.3 Å². The van der Waals surface area contributed by atoms with Gasteiger partial charge in [0.05, 0.1) is 86.2 Å². The van der Waals surface area contributed by atoms with E-state index in [9.17, 15) is 5.26 Å². The van der Waals surface area contributed by atoms with Gasteiger partial charge in [0, 0.05) is 73.5 Å². The Kier molecular flexibility index (Phi) is 7.38. The maximum atomic E-state index is 10.2. The Morgan fingerprint density at radius 3 is 1.93 bits per heavy atom. The predicted octanol–water partition coefficient (Wildman–Crippen LogP) is 14.1. The summed E-state index contributed by atoms with van der Waals surface area (Å²) in [5.74, 6) is 1.48. The zero-order valence-corrected chi connectivity index (χ0v) is 36.5. The maximum absolute atomic E-state index is 10.2. The van der Waals surface area contributed by atoms with E-state index in [-0.39, 0.29) is 0 Å². The summed E-state index contributed by atoms with van der Waals surface area (Å²) in [7, 11) is 0. The van der Waals surface area contributed by atoms with Gasteiger partial charge < -0.3 is 18.4 Å². The third kappa shape index (κ3) is 4.87. The molecular formula is C60H32N8O. The first-order chi connectivity index (χ1) is 34.1. The highest BCUT2D eigenvalue weighted by Crippen LogP contribution is 2.62. The average molecular weight is 881 g/mol. The molecule has 1 aliphatic carbocycles. The average Bonchev–Trinajstić information content (AvgIpc) is 4.12. The van der Waals surface area contributed by atoms with Crippen molar-refractivity contribution in [2.24, 2.45) is 0 Å². The number of hydrogen-bond acceptors (Lipinski definition) is 5. The number of hydrogen-bond donors (Lipinski definition) is 0. The van der Waals surface area contributed by atoms with E-state index in [0.717, 1.165) is 128 Å². The second kappa shape index (κ2) is 13.6. The molecule has 9 heteroatoms. The number of fused-ring (bicyclic) bond motifs is 18. The van der Waals surface area contributed by atoms with Crippen LogP contribution in [0.15, 0.2) is 195 Å². The molecule has 13 aromatic rings. The predicted molar refractivity (Wildman–Crippen MR) is 271 cm³/mol. The first-order valence-corrected chi connectivity index (χ1v) is 22.7. The molecule has 1 spiro atoms. The monoisotopic (exact) mass is 880 g/mol. The number of nitriles is 1. The third-order valence-electron chi connectivity index (χ3n) is 14.5. The van der Waals surface area contributed by atoms with Crippen LogP contribution in [0.3, 0.4) is 0 Å². The van der Waals surface area contributed by atoms with Crippen molar-refractivity contribution in [3.63, 3.8) is 0 Å². The Balaban J connectivity index is 0.967. The number of ether oxygens (including phenoxy) is 1. The van der Waals surface area contributed by atoms with Gasteiger partial charge in [-0.15, -0.1) is 0 Å². The Labute approximate surface area is 393 Å². The molecule has 0 bridgehead atoms. The minimum atomic E-state index is -0.838. The van der Waals surface area contributed by atoms with E-state index in [0.29, 0.717) is 11.3 Å². The zero-order chi connectivity index (χ0) is 45.5. The molecule has 1 aliphatic heterocycles. The van der Waals surface area contributed by atoms with Crippen LogP contribution >= 0.6 is 0 Å². The van der Waals surface area contributed by atoms with Gasteiger partial charge in [-0.2, -0.15) is 5.26 Å². The van der Waals surface area contributed by atoms with Crippen molar-refractivity contribution in [2.75, 3.05) is 0 Å². The molecule has 0 saturated carbocycles. The lowest BCUT2D eigenvalue weighted by Crippen LogP contribution is -2.32. The first-order valence-electron chi connectivity index (χ1n) is 22.7. The first kappa shape index (κ1) is 37.4. The molecule has 15 rings (SSSR count). The molecule has 0 radical (unpaired) electrons. The fourth-order valence-corrected chi connectivity index (χ4v) is 11.7. The molecule has 7 heterocycles. The fourth-order valence-electron chi connectivity index (χ4n) is 11.7. The van der Waals surface area contributed by atoms with Crippen LogP contribution in [-0.2, 0) is 5.41 Å². The lowest BCUT2D eigenvalue weighted by atomic mass is 9.66. The normalized spacial score (nSPS) is 14.5. The van der Waals surface area contributed by atoms with Gasteiger partial charge in [-0.3, -0.25) is 15.0 Å². The van der Waals surface area contributed by atoms with Crippen LogP contribution in [0.5, 0.6) is 11.5 Å². The van der Waals surface area contributed by atoms with E-state index >= 15 is 0 Å². The van der Waals surface area contributed by atoms with E-state index in [1.807, 2.05) is 73.3 Å². The molecule has 1 unspecified atom stereocenters. The molecule has 0 fully saturated rings. The quantitative estimate of drug-likeness (QED) is 0.165. The lowest BCUT2D eigenvalue weighted by molar-refractivity contribution is 0.436. The molecule has 0 amide bonds. The van der Waals surface area contributed by atoms with Crippen LogP contribution in [0, 0.1) is 17.9 Å². The van der Waals surface area contributed by atoms with Crippen molar-refractivity contribution in [3.8, 4) is 46.0 Å². The lowest BCUT2D eigenvalue weighted by Gasteiger charge is -2.39. The van der Waals surface area contributed by atoms with Crippen molar-refractivity contribution < 1.29 is 4.74 Å². The molecule has 1 atom stereocenters. The second-order valence-electron chi connectivity index (χ2n) is 17.8. The molecule has 2 aliphatic rings. The van der Waals surface area contributed by atoms with E-state index in [2.05, 4.69) is 151 Å². The van der Waals surface area contributed by atoms with Crippen LogP contribution < -0.4 is 4.74 Å². The van der Waals surface area contributed by atoms with Gasteiger partial charge in [0.25, 0.3) is 0 Å². The summed E-state index contributed by atoms with van der Waals surface area (Å²) < 4.78 is 13.9. The van der Waals surface area contributed by atoms with E-state index in [1.165, 1.54) is 0 Å². The summed E-state index contributed by atoms with van der Waals surface area (Å²) in [5.41, 5.74) is 15.0. The molecule has 6 aromatic heterocycles. The van der Waals surface area contributed by atoms with Gasteiger partial charge in [0.2, 0.25) is 0 Å². The summed E-state index contributed by atoms with van der Waals surface area (Å²) in [6.07, 6.45) is 7.57. The summed E-state index contributed by atoms with van der Waals surface area (Å²) in [6, 6.07) is 61.1.